The van der Waals surface area contributed by atoms with Gasteiger partial charge in [-0.2, -0.15) is 0 Å². The number of ether oxygens (including phenoxy) is 1. The fourth-order valence-corrected chi connectivity index (χ4v) is 2.92. The van der Waals surface area contributed by atoms with Gasteiger partial charge in [-0.1, -0.05) is 71.8 Å². The van der Waals surface area contributed by atoms with Crippen molar-refractivity contribution in [2.75, 3.05) is 0 Å². The summed E-state index contributed by atoms with van der Waals surface area (Å²) < 4.78 is 6.24. The number of hydrogen-bond donors (Lipinski definition) is 0. The molecule has 0 atom stereocenters. The second-order valence-corrected chi connectivity index (χ2v) is 8.19. The van der Waals surface area contributed by atoms with Crippen molar-refractivity contribution in [3.05, 3.63) is 83.5 Å². The Labute approximate surface area is 165 Å². The van der Waals surface area contributed by atoms with Crippen LogP contribution in [0.15, 0.2) is 77.9 Å². The third-order valence-electron chi connectivity index (χ3n) is 4.70. The zero-order valence-corrected chi connectivity index (χ0v) is 17.6. The van der Waals surface area contributed by atoms with E-state index in [0.29, 0.717) is 6.61 Å². The summed E-state index contributed by atoms with van der Waals surface area (Å²) in [6, 6.07) is 19.1. The van der Waals surface area contributed by atoms with Crippen LogP contribution in [0.3, 0.4) is 0 Å². The topological polar surface area (TPSA) is 9.23 Å². The van der Waals surface area contributed by atoms with E-state index < -0.39 is 0 Å². The molecule has 0 aromatic heterocycles. The molecule has 0 saturated heterocycles. The summed E-state index contributed by atoms with van der Waals surface area (Å²) in [4.78, 5) is 0. The van der Waals surface area contributed by atoms with Crippen molar-refractivity contribution in [3.63, 3.8) is 0 Å². The smallest absolute Gasteiger partial charge is 0.0724 e. The van der Waals surface area contributed by atoms with Gasteiger partial charge in [-0.25, -0.2) is 0 Å². The van der Waals surface area contributed by atoms with E-state index >= 15 is 0 Å². The number of benzene rings is 2. The van der Waals surface area contributed by atoms with Crippen LogP contribution in [0.1, 0.15) is 59.4 Å². The third kappa shape index (κ3) is 7.97. The van der Waals surface area contributed by atoms with Gasteiger partial charge >= 0.3 is 0 Å². The number of allylic oxidation sites excluding steroid dienone is 3. The van der Waals surface area contributed by atoms with Crippen molar-refractivity contribution >= 4 is 0 Å². The molecular formula is C26H34O. The van der Waals surface area contributed by atoms with Crippen molar-refractivity contribution in [1.82, 2.24) is 0 Å². The van der Waals surface area contributed by atoms with Crippen LogP contribution in [-0.2, 0) is 11.3 Å². The van der Waals surface area contributed by atoms with E-state index in [1.807, 2.05) is 6.07 Å². The number of hydrogen-bond acceptors (Lipinski definition) is 1. The Balaban J connectivity index is 1.90. The second kappa shape index (κ2) is 10.3. The quantitative estimate of drug-likeness (QED) is 0.415. The molecule has 0 saturated carbocycles. The van der Waals surface area contributed by atoms with E-state index in [1.165, 1.54) is 27.8 Å². The van der Waals surface area contributed by atoms with Crippen molar-refractivity contribution < 1.29 is 4.74 Å². The maximum atomic E-state index is 6.24. The molecule has 0 aliphatic rings. The van der Waals surface area contributed by atoms with E-state index in [-0.39, 0.29) is 5.60 Å². The maximum absolute atomic E-state index is 6.24. The molecule has 0 aliphatic heterocycles. The van der Waals surface area contributed by atoms with E-state index in [1.54, 1.807) is 0 Å². The summed E-state index contributed by atoms with van der Waals surface area (Å²) in [5.41, 5.74) is 6.37. The van der Waals surface area contributed by atoms with Crippen LogP contribution in [0.2, 0.25) is 0 Å². The molecule has 0 spiro atoms. The molecule has 0 fully saturated rings. The van der Waals surface area contributed by atoms with Crippen LogP contribution in [0.5, 0.6) is 0 Å². The first kappa shape index (κ1) is 21.2. The molecule has 0 aliphatic carbocycles. The molecule has 0 amide bonds. The summed E-state index contributed by atoms with van der Waals surface area (Å²) in [5.74, 6) is 0. The summed E-state index contributed by atoms with van der Waals surface area (Å²) in [7, 11) is 0. The molecule has 1 heteroatoms. The summed E-state index contributed by atoms with van der Waals surface area (Å²) >= 11 is 0. The molecule has 0 N–H and O–H groups in total. The molecule has 0 radical (unpaired) electrons. The zero-order chi connectivity index (χ0) is 19.7. The molecule has 2 rings (SSSR count). The lowest BCUT2D eigenvalue weighted by Gasteiger charge is -2.24. The molecule has 1 nitrogen and oxygen atoms in total. The second-order valence-electron chi connectivity index (χ2n) is 8.19. The lowest BCUT2D eigenvalue weighted by Crippen LogP contribution is -2.23. The zero-order valence-electron chi connectivity index (χ0n) is 17.6. The monoisotopic (exact) mass is 362 g/mol. The van der Waals surface area contributed by atoms with Gasteiger partial charge in [-0.3, -0.25) is 0 Å². The molecule has 0 unspecified atom stereocenters. The van der Waals surface area contributed by atoms with Crippen LogP contribution in [-0.4, -0.2) is 5.60 Å². The van der Waals surface area contributed by atoms with E-state index in [2.05, 4.69) is 95.3 Å². The normalized spacial score (nSPS) is 12.1. The standard InChI is InChI=1S/C26H34O/c1-21(2)11-9-12-22(3)17-18-26(4,5)27-20-23-13-10-16-25(19-23)24-14-7-6-8-15-24/h6-8,10-11,13-17,19H,9,12,18,20H2,1-5H3/b22-17+. The van der Waals surface area contributed by atoms with Gasteiger partial charge in [-0.15, -0.1) is 0 Å². The van der Waals surface area contributed by atoms with Crippen molar-refractivity contribution in [2.24, 2.45) is 0 Å². The first-order valence-electron chi connectivity index (χ1n) is 9.93. The third-order valence-corrected chi connectivity index (χ3v) is 4.70. The van der Waals surface area contributed by atoms with Gasteiger partial charge in [0.25, 0.3) is 0 Å². The van der Waals surface area contributed by atoms with Crippen molar-refractivity contribution in [1.29, 1.82) is 0 Å². The lowest BCUT2D eigenvalue weighted by molar-refractivity contribution is -0.0269. The highest BCUT2D eigenvalue weighted by Gasteiger charge is 2.17. The van der Waals surface area contributed by atoms with Gasteiger partial charge < -0.3 is 4.74 Å². The van der Waals surface area contributed by atoms with Gasteiger partial charge in [0.15, 0.2) is 0 Å². The number of rotatable bonds is 9. The molecule has 2 aromatic carbocycles. The highest BCUT2D eigenvalue weighted by molar-refractivity contribution is 5.63. The van der Waals surface area contributed by atoms with Crippen molar-refractivity contribution in [3.8, 4) is 11.1 Å². The van der Waals surface area contributed by atoms with Crippen LogP contribution in [0.25, 0.3) is 11.1 Å². The van der Waals surface area contributed by atoms with Crippen LogP contribution >= 0.6 is 0 Å². The minimum atomic E-state index is -0.166. The SMILES string of the molecule is CC(C)=CCC/C(C)=C/CC(C)(C)OCc1cccc(-c2ccccc2)c1. The van der Waals surface area contributed by atoms with Gasteiger partial charge in [-0.05, 0) is 76.6 Å². The van der Waals surface area contributed by atoms with Gasteiger partial charge in [0.2, 0.25) is 0 Å². The molecular weight excluding hydrogens is 328 g/mol. The Morgan fingerprint density at radius 3 is 2.30 bits per heavy atom. The summed E-state index contributed by atoms with van der Waals surface area (Å²) in [6.07, 6.45) is 7.82. The van der Waals surface area contributed by atoms with Gasteiger partial charge in [0.05, 0.1) is 12.2 Å². The van der Waals surface area contributed by atoms with E-state index in [9.17, 15) is 0 Å². The molecule has 144 valence electrons. The molecule has 27 heavy (non-hydrogen) atoms. The van der Waals surface area contributed by atoms with Gasteiger partial charge in [0, 0.05) is 0 Å². The predicted octanol–water partition coefficient (Wildman–Crippen LogP) is 7.73. The fourth-order valence-electron chi connectivity index (χ4n) is 2.92. The highest BCUT2D eigenvalue weighted by Crippen LogP contribution is 2.23. The Morgan fingerprint density at radius 2 is 1.59 bits per heavy atom. The van der Waals surface area contributed by atoms with Crippen LogP contribution in [0, 0.1) is 0 Å². The molecule has 2 aromatic rings. The van der Waals surface area contributed by atoms with Crippen LogP contribution < -0.4 is 0 Å². The molecule has 0 heterocycles. The Bertz CT molecular complexity index is 762. The molecule has 0 bridgehead atoms. The van der Waals surface area contributed by atoms with E-state index in [0.717, 1.165) is 19.3 Å². The Morgan fingerprint density at radius 1 is 0.889 bits per heavy atom. The fraction of sp³-hybridized carbons (Fsp3) is 0.385. The largest absolute Gasteiger partial charge is 0.371 e. The van der Waals surface area contributed by atoms with Crippen LogP contribution in [0.4, 0.5) is 0 Å². The maximum Gasteiger partial charge on any atom is 0.0724 e. The van der Waals surface area contributed by atoms with Gasteiger partial charge in [0.1, 0.15) is 0 Å². The average molecular weight is 363 g/mol. The Hall–Kier alpha value is -2.12. The minimum absolute atomic E-state index is 0.166. The first-order chi connectivity index (χ1) is 12.9. The van der Waals surface area contributed by atoms with Crippen molar-refractivity contribution in [2.45, 2.75) is 66.1 Å². The minimum Gasteiger partial charge on any atom is -0.371 e. The summed E-state index contributed by atoms with van der Waals surface area (Å²) in [6.45, 7) is 11.5. The predicted molar refractivity (Wildman–Crippen MR) is 118 cm³/mol. The lowest BCUT2D eigenvalue weighted by atomic mass is 10.0. The Kier molecular flexibility index (Phi) is 8.06. The van der Waals surface area contributed by atoms with E-state index in [4.69, 9.17) is 4.74 Å². The summed E-state index contributed by atoms with van der Waals surface area (Å²) in [5, 5.41) is 0. The first-order valence-corrected chi connectivity index (χ1v) is 9.93. The average Bonchev–Trinajstić information content (AvgIpc) is 2.66. The highest BCUT2D eigenvalue weighted by atomic mass is 16.5.